The summed E-state index contributed by atoms with van der Waals surface area (Å²) in [6.07, 6.45) is 3.11. The molecule has 0 aliphatic carbocycles. The summed E-state index contributed by atoms with van der Waals surface area (Å²) < 4.78 is 1.65. The van der Waals surface area contributed by atoms with Gasteiger partial charge in [-0.1, -0.05) is 53.8 Å². The number of hydrogen-bond acceptors (Lipinski definition) is 7. The zero-order valence-corrected chi connectivity index (χ0v) is 14.8. The molecule has 7 nitrogen and oxygen atoms in total. The van der Waals surface area contributed by atoms with Gasteiger partial charge in [-0.15, -0.1) is 10.2 Å². The smallest absolute Gasteiger partial charge is 0.234 e. The Labute approximate surface area is 157 Å². The van der Waals surface area contributed by atoms with E-state index in [1.54, 1.807) is 4.52 Å². The van der Waals surface area contributed by atoms with Gasteiger partial charge in [0.05, 0.1) is 18.0 Å². The van der Waals surface area contributed by atoms with Gasteiger partial charge in [0.1, 0.15) is 11.5 Å². The lowest BCUT2D eigenvalue weighted by molar-refractivity contribution is 0.449. The maximum atomic E-state index is 10.0. The van der Waals surface area contributed by atoms with Crippen LogP contribution in [0.15, 0.2) is 54.9 Å². The highest BCUT2D eigenvalue weighted by Crippen LogP contribution is 2.38. The van der Waals surface area contributed by atoms with Gasteiger partial charge in [0.2, 0.25) is 4.96 Å². The van der Waals surface area contributed by atoms with Crippen LogP contribution in [-0.4, -0.2) is 35.0 Å². The molecule has 2 N–H and O–H groups in total. The summed E-state index contributed by atoms with van der Waals surface area (Å²) in [7, 11) is 0. The highest BCUT2D eigenvalue weighted by molar-refractivity contribution is 7.19. The van der Waals surface area contributed by atoms with Crippen LogP contribution in [0.2, 0.25) is 0 Å². The quantitative estimate of drug-likeness (QED) is 0.502. The average molecular weight is 375 g/mol. The number of hydrogen-bond donors (Lipinski definition) is 2. The number of benzene rings is 2. The van der Waals surface area contributed by atoms with Gasteiger partial charge in [0.25, 0.3) is 0 Å². The molecule has 0 radical (unpaired) electrons. The van der Waals surface area contributed by atoms with E-state index in [-0.39, 0.29) is 17.1 Å². The molecule has 0 bridgehead atoms. The first-order valence-corrected chi connectivity index (χ1v) is 9.06. The lowest BCUT2D eigenvalue weighted by atomic mass is 10.0. The van der Waals surface area contributed by atoms with Crippen LogP contribution in [0.1, 0.15) is 11.4 Å². The minimum absolute atomic E-state index is 0.129. The van der Waals surface area contributed by atoms with E-state index >= 15 is 0 Å². The molecule has 8 heteroatoms. The van der Waals surface area contributed by atoms with Gasteiger partial charge in [-0.05, 0) is 16.3 Å². The monoisotopic (exact) mass is 375 g/mol. The lowest BCUT2D eigenvalue weighted by Crippen LogP contribution is -1.98. The predicted octanol–water partition coefficient (Wildman–Crippen LogP) is 3.40. The Morgan fingerprint density at radius 3 is 2.56 bits per heavy atom. The lowest BCUT2D eigenvalue weighted by Gasteiger charge is -2.05. The van der Waals surface area contributed by atoms with Gasteiger partial charge in [-0.25, -0.2) is 0 Å². The molecule has 27 heavy (non-hydrogen) atoms. The fourth-order valence-corrected chi connectivity index (χ4v) is 4.06. The van der Waals surface area contributed by atoms with E-state index in [9.17, 15) is 10.2 Å². The Balaban J connectivity index is 1.60. The molecule has 0 aliphatic heterocycles. The van der Waals surface area contributed by atoms with Crippen molar-refractivity contribution in [3.05, 3.63) is 66.2 Å². The first kappa shape index (κ1) is 15.7. The first-order valence-electron chi connectivity index (χ1n) is 8.25. The van der Waals surface area contributed by atoms with Gasteiger partial charge >= 0.3 is 0 Å². The SMILES string of the molecule is Oc1cncc(O)c1-c1nn2c(Cc3cccc4ccccc34)nnc2s1. The summed E-state index contributed by atoms with van der Waals surface area (Å²) >= 11 is 1.24. The zero-order chi connectivity index (χ0) is 18.4. The van der Waals surface area contributed by atoms with Crippen LogP contribution >= 0.6 is 11.3 Å². The Hall–Kier alpha value is -3.52. The molecular weight excluding hydrogens is 362 g/mol. The number of rotatable bonds is 3. The van der Waals surface area contributed by atoms with Crippen LogP contribution in [0.5, 0.6) is 11.5 Å². The molecular formula is C19H13N5O2S. The topological polar surface area (TPSA) is 96.4 Å². The number of fused-ring (bicyclic) bond motifs is 2. The number of aromatic nitrogens is 5. The predicted molar refractivity (Wildman–Crippen MR) is 102 cm³/mol. The van der Waals surface area contributed by atoms with Crippen molar-refractivity contribution in [3.8, 4) is 22.1 Å². The fraction of sp³-hybridized carbons (Fsp3) is 0.0526. The maximum absolute atomic E-state index is 10.0. The molecule has 3 heterocycles. The minimum atomic E-state index is -0.129. The Kier molecular flexibility index (Phi) is 3.51. The Morgan fingerprint density at radius 2 is 1.70 bits per heavy atom. The van der Waals surface area contributed by atoms with Gasteiger partial charge in [-0.2, -0.15) is 9.61 Å². The molecule has 132 valence electrons. The van der Waals surface area contributed by atoms with Gasteiger partial charge in [0.15, 0.2) is 10.8 Å². The summed E-state index contributed by atoms with van der Waals surface area (Å²) in [5, 5.41) is 35.8. The molecule has 5 rings (SSSR count). The zero-order valence-electron chi connectivity index (χ0n) is 13.9. The van der Waals surface area contributed by atoms with E-state index in [1.807, 2.05) is 18.2 Å². The van der Waals surface area contributed by atoms with Crippen molar-refractivity contribution in [2.24, 2.45) is 0 Å². The van der Waals surface area contributed by atoms with Crippen molar-refractivity contribution in [2.45, 2.75) is 6.42 Å². The molecule has 5 aromatic rings. The third-order valence-corrected chi connectivity index (χ3v) is 5.32. The van der Waals surface area contributed by atoms with Gasteiger partial charge in [0, 0.05) is 6.42 Å². The third kappa shape index (κ3) is 2.58. The van der Waals surface area contributed by atoms with Crippen LogP contribution < -0.4 is 0 Å². The van der Waals surface area contributed by atoms with Crippen LogP contribution in [0.25, 0.3) is 26.3 Å². The summed E-state index contributed by atoms with van der Waals surface area (Å²) in [6.45, 7) is 0. The van der Waals surface area contributed by atoms with Crippen molar-refractivity contribution in [2.75, 3.05) is 0 Å². The standard InChI is InChI=1S/C19H13N5O2S/c25-14-9-20-10-15(26)17(14)18-23-24-16(21-22-19(24)27-18)8-12-6-3-5-11-4-1-2-7-13(11)12/h1-7,9-10,25-26H,8H2. The molecule has 0 atom stereocenters. The minimum Gasteiger partial charge on any atom is -0.505 e. The summed E-state index contributed by atoms with van der Waals surface area (Å²) in [5.74, 6) is 0.433. The van der Waals surface area contributed by atoms with E-state index in [4.69, 9.17) is 0 Å². The van der Waals surface area contributed by atoms with Crippen LogP contribution in [-0.2, 0) is 6.42 Å². The normalized spacial score (nSPS) is 11.4. The molecule has 2 aromatic carbocycles. The van der Waals surface area contributed by atoms with Crippen LogP contribution in [0.3, 0.4) is 0 Å². The molecule has 0 spiro atoms. The second-order valence-corrected chi connectivity index (χ2v) is 7.04. The summed E-state index contributed by atoms with van der Waals surface area (Å²) in [4.78, 5) is 4.35. The van der Waals surface area contributed by atoms with Crippen molar-refractivity contribution in [3.63, 3.8) is 0 Å². The van der Waals surface area contributed by atoms with E-state index in [0.29, 0.717) is 22.2 Å². The van der Waals surface area contributed by atoms with Gasteiger partial charge < -0.3 is 10.2 Å². The third-order valence-electron chi connectivity index (χ3n) is 4.40. The molecule has 0 saturated heterocycles. The van der Waals surface area contributed by atoms with Crippen LogP contribution in [0, 0.1) is 0 Å². The number of nitrogens with zero attached hydrogens (tertiary/aromatic N) is 5. The molecule has 0 fully saturated rings. The van der Waals surface area contributed by atoms with Crippen molar-refractivity contribution >= 4 is 27.1 Å². The van der Waals surface area contributed by atoms with E-state index in [0.717, 1.165) is 10.9 Å². The largest absolute Gasteiger partial charge is 0.505 e. The molecule has 3 aromatic heterocycles. The van der Waals surface area contributed by atoms with Gasteiger partial charge in [-0.3, -0.25) is 4.98 Å². The molecule has 0 amide bonds. The van der Waals surface area contributed by atoms with Crippen molar-refractivity contribution in [1.29, 1.82) is 0 Å². The van der Waals surface area contributed by atoms with Crippen LogP contribution in [0.4, 0.5) is 0 Å². The molecule has 0 unspecified atom stereocenters. The first-order chi connectivity index (χ1) is 13.2. The second-order valence-electron chi connectivity index (χ2n) is 6.09. The van der Waals surface area contributed by atoms with E-state index < -0.39 is 0 Å². The van der Waals surface area contributed by atoms with Crippen molar-refractivity contribution < 1.29 is 10.2 Å². The highest BCUT2D eigenvalue weighted by Gasteiger charge is 2.19. The Bertz CT molecular complexity index is 1270. The highest BCUT2D eigenvalue weighted by atomic mass is 32.1. The fourth-order valence-electron chi connectivity index (χ4n) is 3.14. The van der Waals surface area contributed by atoms with E-state index in [2.05, 4.69) is 44.5 Å². The summed E-state index contributed by atoms with van der Waals surface area (Å²) in [6, 6.07) is 14.4. The second kappa shape index (κ2) is 6.03. The molecule has 0 aliphatic rings. The average Bonchev–Trinajstić information content (AvgIpc) is 3.24. The summed E-state index contributed by atoms with van der Waals surface area (Å²) in [5.41, 5.74) is 1.38. The molecule has 0 saturated carbocycles. The van der Waals surface area contributed by atoms with Crippen molar-refractivity contribution in [1.82, 2.24) is 24.8 Å². The Morgan fingerprint density at radius 1 is 0.926 bits per heavy atom. The maximum Gasteiger partial charge on any atom is 0.234 e. The number of pyridine rings is 1. The number of aromatic hydroxyl groups is 2. The van der Waals surface area contributed by atoms with E-state index in [1.165, 1.54) is 29.1 Å².